The number of aryl methyl sites for hydroxylation is 1. The molecule has 0 spiro atoms. The molecule has 0 saturated heterocycles. The normalized spacial score (nSPS) is 12.4. The van der Waals surface area contributed by atoms with Crippen LogP contribution in [0.5, 0.6) is 0 Å². The van der Waals surface area contributed by atoms with Gasteiger partial charge in [-0.15, -0.1) is 0 Å². The summed E-state index contributed by atoms with van der Waals surface area (Å²) in [6.45, 7) is 1.79. The molecule has 1 amide bonds. The molecular formula is C25H18F3N5O5. The van der Waals surface area contributed by atoms with Crippen molar-refractivity contribution in [2.24, 2.45) is 0 Å². The van der Waals surface area contributed by atoms with Crippen LogP contribution in [0.1, 0.15) is 28.7 Å². The zero-order chi connectivity index (χ0) is 26.9. The van der Waals surface area contributed by atoms with Crippen LogP contribution in [-0.2, 0) is 17.5 Å². The Hall–Kier alpha value is -4.78. The highest BCUT2D eigenvalue weighted by Crippen LogP contribution is 2.43. The van der Waals surface area contributed by atoms with Gasteiger partial charge in [-0.2, -0.15) is 18.2 Å². The quantitative estimate of drug-likeness (QED) is 0.309. The molecule has 38 heavy (non-hydrogen) atoms. The molecular weight excluding hydrogens is 507 g/mol. The molecule has 3 aromatic heterocycles. The molecule has 10 nitrogen and oxygen atoms in total. The van der Waals surface area contributed by atoms with Gasteiger partial charge in [0.15, 0.2) is 11.9 Å². The average Bonchev–Trinajstić information content (AvgIpc) is 3.66. The first-order valence-corrected chi connectivity index (χ1v) is 11.2. The number of nitrogens with zero attached hydrogens (tertiary/aromatic N) is 4. The van der Waals surface area contributed by atoms with Crippen LogP contribution >= 0.6 is 0 Å². The molecule has 13 heteroatoms. The highest BCUT2D eigenvalue weighted by molar-refractivity contribution is 5.82. The topological polar surface area (TPSA) is 140 Å². The Bertz CT molecular complexity index is 1560. The number of aliphatic hydroxyl groups excluding tert-OH is 1. The number of amides is 1. The predicted molar refractivity (Wildman–Crippen MR) is 124 cm³/mol. The number of aromatic nitrogens is 4. The third-order valence-electron chi connectivity index (χ3n) is 5.49. The number of alkyl halides is 3. The molecule has 0 aliphatic carbocycles. The van der Waals surface area contributed by atoms with Crippen LogP contribution in [0.25, 0.3) is 34.3 Å². The van der Waals surface area contributed by atoms with Crippen molar-refractivity contribution in [2.45, 2.75) is 25.7 Å². The highest BCUT2D eigenvalue weighted by Gasteiger charge is 2.43. The van der Waals surface area contributed by atoms with Crippen molar-refractivity contribution in [3.05, 3.63) is 83.2 Å². The van der Waals surface area contributed by atoms with Gasteiger partial charge in [0.1, 0.15) is 11.3 Å². The summed E-state index contributed by atoms with van der Waals surface area (Å²) in [5.41, 5.74) is -0.0317. The molecule has 0 bridgehead atoms. The van der Waals surface area contributed by atoms with Crippen LogP contribution in [0, 0.1) is 6.92 Å². The van der Waals surface area contributed by atoms with Crippen LogP contribution in [-0.4, -0.2) is 31.5 Å². The first kappa shape index (κ1) is 24.9. The number of nitrogens with one attached hydrogen (secondary N) is 1. The molecule has 5 aromatic rings. The van der Waals surface area contributed by atoms with E-state index in [-0.39, 0.29) is 23.5 Å². The number of rotatable bonds is 7. The Kier molecular flexibility index (Phi) is 6.51. The monoisotopic (exact) mass is 525 g/mol. The van der Waals surface area contributed by atoms with Crippen LogP contribution in [0.3, 0.4) is 0 Å². The zero-order valence-corrected chi connectivity index (χ0v) is 19.6. The Morgan fingerprint density at radius 2 is 1.71 bits per heavy atom. The van der Waals surface area contributed by atoms with Crippen molar-refractivity contribution < 1.29 is 36.6 Å². The summed E-state index contributed by atoms with van der Waals surface area (Å²) in [4.78, 5) is 16.3. The van der Waals surface area contributed by atoms with Gasteiger partial charge in [-0.1, -0.05) is 70.1 Å². The van der Waals surface area contributed by atoms with Gasteiger partial charge in [0.25, 0.3) is 11.8 Å². The molecule has 5 rings (SSSR count). The van der Waals surface area contributed by atoms with E-state index in [2.05, 4.69) is 25.8 Å². The standard InChI is InChI=1S/C25H18F3N5O5/c1-13-11-17(36-31-13)12-29-23(35)20(34)15-7-9-16(10-8-15)22-30-24(38-33-22)21-18(25(26,27)28)19(32-37-21)14-5-3-2-4-6-14/h2-11,20,34H,12H2,1H3,(H,29,35). The molecule has 1 unspecified atom stereocenters. The number of halogens is 3. The van der Waals surface area contributed by atoms with Gasteiger partial charge in [-0.05, 0) is 12.5 Å². The van der Waals surface area contributed by atoms with Crippen molar-refractivity contribution in [2.75, 3.05) is 0 Å². The van der Waals surface area contributed by atoms with Crippen LogP contribution in [0.2, 0.25) is 0 Å². The van der Waals surface area contributed by atoms with Crippen LogP contribution in [0.4, 0.5) is 13.2 Å². The summed E-state index contributed by atoms with van der Waals surface area (Å²) in [6, 6.07) is 15.3. The van der Waals surface area contributed by atoms with Gasteiger partial charge in [-0.3, -0.25) is 4.79 Å². The number of hydrogen-bond acceptors (Lipinski definition) is 9. The molecule has 194 valence electrons. The minimum Gasteiger partial charge on any atom is -0.378 e. The lowest BCUT2D eigenvalue weighted by molar-refractivity contribution is -0.137. The summed E-state index contributed by atoms with van der Waals surface area (Å²) >= 11 is 0. The Morgan fingerprint density at radius 1 is 0.974 bits per heavy atom. The fraction of sp³-hybridized carbons (Fsp3) is 0.160. The number of benzene rings is 2. The molecule has 0 aliphatic rings. The van der Waals surface area contributed by atoms with E-state index in [1.54, 1.807) is 31.2 Å². The third kappa shape index (κ3) is 5.04. The lowest BCUT2D eigenvalue weighted by Gasteiger charge is -2.11. The van der Waals surface area contributed by atoms with Crippen molar-refractivity contribution >= 4 is 5.91 Å². The Balaban J connectivity index is 1.34. The third-order valence-corrected chi connectivity index (χ3v) is 5.49. The smallest absolute Gasteiger partial charge is 0.378 e. The van der Waals surface area contributed by atoms with Gasteiger partial charge >= 0.3 is 6.18 Å². The number of aliphatic hydroxyl groups is 1. The van der Waals surface area contributed by atoms with Gasteiger partial charge in [0, 0.05) is 17.2 Å². The maximum absolute atomic E-state index is 13.9. The minimum atomic E-state index is -4.81. The fourth-order valence-electron chi connectivity index (χ4n) is 3.66. The highest BCUT2D eigenvalue weighted by atomic mass is 19.4. The van der Waals surface area contributed by atoms with E-state index in [9.17, 15) is 23.1 Å². The molecule has 0 radical (unpaired) electrons. The van der Waals surface area contributed by atoms with E-state index >= 15 is 0 Å². The van der Waals surface area contributed by atoms with E-state index in [1.807, 2.05) is 0 Å². The number of carbonyl (C=O) groups is 1. The molecule has 0 fully saturated rings. The first-order chi connectivity index (χ1) is 18.2. The Labute approximate surface area is 212 Å². The van der Waals surface area contributed by atoms with E-state index < -0.39 is 41.1 Å². The van der Waals surface area contributed by atoms with E-state index in [4.69, 9.17) is 13.6 Å². The molecule has 0 saturated carbocycles. The van der Waals surface area contributed by atoms with Crippen molar-refractivity contribution in [1.29, 1.82) is 0 Å². The van der Waals surface area contributed by atoms with E-state index in [0.717, 1.165) is 0 Å². The van der Waals surface area contributed by atoms with Crippen molar-refractivity contribution in [1.82, 2.24) is 25.8 Å². The largest absolute Gasteiger partial charge is 0.422 e. The summed E-state index contributed by atoms with van der Waals surface area (Å²) in [6.07, 6.45) is -6.28. The second-order valence-corrected chi connectivity index (χ2v) is 8.20. The second-order valence-electron chi connectivity index (χ2n) is 8.20. The zero-order valence-electron chi connectivity index (χ0n) is 19.6. The van der Waals surface area contributed by atoms with E-state index in [0.29, 0.717) is 17.0 Å². The maximum atomic E-state index is 13.9. The first-order valence-electron chi connectivity index (χ1n) is 11.2. The Morgan fingerprint density at radius 3 is 2.37 bits per heavy atom. The van der Waals surface area contributed by atoms with Crippen LogP contribution in [0.15, 0.2) is 74.2 Å². The second kappa shape index (κ2) is 9.94. The molecule has 3 heterocycles. The summed E-state index contributed by atoms with van der Waals surface area (Å²) in [5, 5.41) is 23.9. The summed E-state index contributed by atoms with van der Waals surface area (Å²) in [5.74, 6) is -1.47. The lowest BCUT2D eigenvalue weighted by atomic mass is 10.1. The molecule has 2 aromatic carbocycles. The van der Waals surface area contributed by atoms with E-state index in [1.165, 1.54) is 36.4 Å². The molecule has 0 aliphatic heterocycles. The maximum Gasteiger partial charge on any atom is 0.422 e. The van der Waals surface area contributed by atoms with Crippen molar-refractivity contribution in [3.63, 3.8) is 0 Å². The number of hydrogen-bond donors (Lipinski definition) is 2. The van der Waals surface area contributed by atoms with Gasteiger partial charge in [-0.25, -0.2) is 0 Å². The SMILES string of the molecule is Cc1cc(CNC(=O)C(O)c2ccc(-c3noc(-c4onc(-c5ccccc5)c4C(F)(F)F)n3)cc2)on1. The molecule has 1 atom stereocenters. The number of carbonyl (C=O) groups excluding carboxylic acids is 1. The summed E-state index contributed by atoms with van der Waals surface area (Å²) < 4.78 is 56.8. The van der Waals surface area contributed by atoms with Gasteiger partial charge in [0.05, 0.1) is 12.2 Å². The molecule has 2 N–H and O–H groups in total. The van der Waals surface area contributed by atoms with Crippen molar-refractivity contribution in [3.8, 4) is 34.3 Å². The van der Waals surface area contributed by atoms with Crippen LogP contribution < -0.4 is 5.32 Å². The lowest BCUT2D eigenvalue weighted by Crippen LogP contribution is -2.28. The minimum absolute atomic E-state index is 0.0306. The average molecular weight is 525 g/mol. The summed E-state index contributed by atoms with van der Waals surface area (Å²) in [7, 11) is 0. The van der Waals surface area contributed by atoms with Gasteiger partial charge in [0.2, 0.25) is 11.6 Å². The predicted octanol–water partition coefficient (Wildman–Crippen LogP) is 4.72. The fourth-order valence-corrected chi connectivity index (χ4v) is 3.66. The van der Waals surface area contributed by atoms with Gasteiger partial charge < -0.3 is 24.0 Å².